The van der Waals surface area contributed by atoms with E-state index in [1.807, 2.05) is 19.3 Å². The average Bonchev–Trinajstić information content (AvgIpc) is 3.30. The van der Waals surface area contributed by atoms with Crippen molar-refractivity contribution in [2.75, 3.05) is 29.9 Å². The Balaban J connectivity index is 1.60. The highest BCUT2D eigenvalue weighted by molar-refractivity contribution is 7.18. The van der Waals surface area contributed by atoms with Crippen LogP contribution in [0.1, 0.15) is 13.3 Å². The van der Waals surface area contributed by atoms with E-state index in [4.69, 9.17) is 0 Å². The molecular formula is C16H19N7O2S. The third-order valence-corrected chi connectivity index (χ3v) is 6.02. The Kier molecular flexibility index (Phi) is 4.19. The van der Waals surface area contributed by atoms with Crippen molar-refractivity contribution >= 4 is 38.3 Å². The summed E-state index contributed by atoms with van der Waals surface area (Å²) in [6, 6.07) is 2.20. The number of aromatic amines is 1. The molecule has 3 aromatic heterocycles. The van der Waals surface area contributed by atoms with E-state index in [2.05, 4.69) is 36.7 Å². The predicted octanol–water partition coefficient (Wildman–Crippen LogP) is 2.67. The molecule has 9 nitrogen and oxygen atoms in total. The van der Waals surface area contributed by atoms with Crippen molar-refractivity contribution in [3.05, 3.63) is 34.9 Å². The maximum atomic E-state index is 10.9. The van der Waals surface area contributed by atoms with Crippen molar-refractivity contribution in [2.45, 2.75) is 19.4 Å². The first-order valence-corrected chi connectivity index (χ1v) is 9.22. The second-order valence-corrected chi connectivity index (χ2v) is 7.55. The first-order valence-electron chi connectivity index (χ1n) is 8.40. The summed E-state index contributed by atoms with van der Waals surface area (Å²) in [5, 5.41) is 12.7. The molecule has 4 heterocycles. The number of H-pyrrole nitrogens is 1. The summed E-state index contributed by atoms with van der Waals surface area (Å²) >= 11 is 1.13. The van der Waals surface area contributed by atoms with Crippen LogP contribution in [0.4, 0.5) is 16.0 Å². The number of thiazole rings is 1. The van der Waals surface area contributed by atoms with Gasteiger partial charge in [0.05, 0.1) is 16.4 Å². The van der Waals surface area contributed by atoms with Crippen LogP contribution in [0.2, 0.25) is 0 Å². The number of nitrogens with one attached hydrogen (secondary N) is 1. The third-order valence-electron chi connectivity index (χ3n) is 5.01. The summed E-state index contributed by atoms with van der Waals surface area (Å²) in [7, 11) is 2.05. The predicted molar refractivity (Wildman–Crippen MR) is 101 cm³/mol. The zero-order valence-electron chi connectivity index (χ0n) is 14.5. The lowest BCUT2D eigenvalue weighted by Gasteiger charge is -2.42. The highest BCUT2D eigenvalue weighted by Gasteiger charge is 2.32. The minimum absolute atomic E-state index is 0.0772. The molecule has 0 radical (unpaired) electrons. The molecule has 1 N–H and O–H groups in total. The lowest BCUT2D eigenvalue weighted by molar-refractivity contribution is -0.380. The molecule has 0 aromatic carbocycles. The van der Waals surface area contributed by atoms with Gasteiger partial charge in [0.2, 0.25) is 0 Å². The molecule has 1 aliphatic heterocycles. The topological polar surface area (TPSA) is 104 Å². The number of fused-ring (bicyclic) bond motifs is 1. The molecule has 3 aromatic rings. The van der Waals surface area contributed by atoms with E-state index < -0.39 is 0 Å². The molecule has 4 rings (SSSR count). The Labute approximate surface area is 153 Å². The maximum Gasteiger partial charge on any atom is 0.345 e. The molecule has 0 aliphatic carbocycles. The second-order valence-electron chi connectivity index (χ2n) is 6.57. The van der Waals surface area contributed by atoms with Gasteiger partial charge in [0, 0.05) is 26.3 Å². The van der Waals surface area contributed by atoms with E-state index in [0.29, 0.717) is 11.0 Å². The quantitative estimate of drug-likeness (QED) is 0.554. The Morgan fingerprint density at radius 3 is 3.04 bits per heavy atom. The Morgan fingerprint density at radius 2 is 2.27 bits per heavy atom. The van der Waals surface area contributed by atoms with Gasteiger partial charge in [-0.25, -0.2) is 15.0 Å². The van der Waals surface area contributed by atoms with E-state index in [1.54, 1.807) is 6.33 Å². The van der Waals surface area contributed by atoms with Crippen LogP contribution < -0.4 is 9.80 Å². The van der Waals surface area contributed by atoms with Gasteiger partial charge >= 0.3 is 5.00 Å². The van der Waals surface area contributed by atoms with Gasteiger partial charge in [-0.15, -0.1) is 0 Å². The van der Waals surface area contributed by atoms with Crippen LogP contribution >= 0.6 is 11.3 Å². The molecule has 2 atom stereocenters. The van der Waals surface area contributed by atoms with E-state index >= 15 is 0 Å². The largest absolute Gasteiger partial charge is 0.354 e. The summed E-state index contributed by atoms with van der Waals surface area (Å²) in [5.41, 5.74) is 0.817. The van der Waals surface area contributed by atoms with Crippen molar-refractivity contribution in [3.63, 3.8) is 0 Å². The van der Waals surface area contributed by atoms with Crippen LogP contribution in [0, 0.1) is 16.0 Å². The lowest BCUT2D eigenvalue weighted by Crippen LogP contribution is -2.51. The number of piperidine rings is 1. The van der Waals surface area contributed by atoms with Gasteiger partial charge in [-0.1, -0.05) is 6.92 Å². The number of nitro groups is 1. The van der Waals surface area contributed by atoms with Crippen molar-refractivity contribution < 1.29 is 4.92 Å². The van der Waals surface area contributed by atoms with Gasteiger partial charge in [0.1, 0.15) is 24.0 Å². The van der Waals surface area contributed by atoms with Crippen molar-refractivity contribution in [1.82, 2.24) is 19.9 Å². The highest BCUT2D eigenvalue weighted by atomic mass is 32.1. The SMILES string of the molecule is CC1CCN(c2ncc([N+](=O)[O-])s2)CC1N(C)c1ncnc2[nH]ccc12. The van der Waals surface area contributed by atoms with E-state index in [0.717, 1.165) is 47.7 Å². The number of hydrogen-bond donors (Lipinski definition) is 1. The fourth-order valence-electron chi connectivity index (χ4n) is 3.51. The molecule has 0 bridgehead atoms. The number of nitrogens with zero attached hydrogens (tertiary/aromatic N) is 6. The normalized spacial score (nSPS) is 20.5. The smallest absolute Gasteiger partial charge is 0.345 e. The van der Waals surface area contributed by atoms with Crippen LogP contribution in [-0.2, 0) is 0 Å². The summed E-state index contributed by atoms with van der Waals surface area (Å²) in [6.07, 6.45) is 5.76. The van der Waals surface area contributed by atoms with Crippen molar-refractivity contribution in [2.24, 2.45) is 5.92 Å². The number of likely N-dealkylation sites (N-methyl/N-ethyl adjacent to an activating group) is 1. The summed E-state index contributed by atoms with van der Waals surface area (Å²) < 4.78 is 0. The Bertz CT molecular complexity index is 939. The van der Waals surface area contributed by atoms with Crippen LogP contribution in [-0.4, -0.2) is 51.0 Å². The first-order chi connectivity index (χ1) is 12.5. The fourth-order valence-corrected chi connectivity index (χ4v) is 4.28. The third kappa shape index (κ3) is 2.85. The number of anilines is 2. The van der Waals surface area contributed by atoms with Crippen molar-refractivity contribution in [1.29, 1.82) is 0 Å². The molecule has 1 fully saturated rings. The van der Waals surface area contributed by atoms with E-state index in [-0.39, 0.29) is 16.0 Å². The van der Waals surface area contributed by atoms with Crippen LogP contribution in [0.25, 0.3) is 11.0 Å². The molecule has 136 valence electrons. The molecule has 0 amide bonds. The zero-order chi connectivity index (χ0) is 18.3. The Hall–Kier alpha value is -2.75. The number of aromatic nitrogens is 4. The lowest BCUT2D eigenvalue weighted by atomic mass is 9.92. The van der Waals surface area contributed by atoms with Gasteiger partial charge in [-0.3, -0.25) is 10.1 Å². The van der Waals surface area contributed by atoms with E-state index in [1.165, 1.54) is 6.20 Å². The van der Waals surface area contributed by atoms with Gasteiger partial charge in [-0.2, -0.15) is 0 Å². The monoisotopic (exact) mass is 373 g/mol. The highest BCUT2D eigenvalue weighted by Crippen LogP contribution is 2.34. The number of hydrogen-bond acceptors (Lipinski definition) is 8. The molecule has 0 saturated carbocycles. The van der Waals surface area contributed by atoms with Crippen LogP contribution in [0.3, 0.4) is 0 Å². The van der Waals surface area contributed by atoms with Crippen LogP contribution in [0.15, 0.2) is 24.8 Å². The second kappa shape index (κ2) is 6.52. The average molecular weight is 373 g/mol. The van der Waals surface area contributed by atoms with Gasteiger partial charge in [0.15, 0.2) is 5.13 Å². The molecule has 2 unspecified atom stereocenters. The number of rotatable bonds is 4. The molecule has 10 heteroatoms. The van der Waals surface area contributed by atoms with Crippen molar-refractivity contribution in [3.8, 4) is 0 Å². The molecule has 1 saturated heterocycles. The first kappa shape index (κ1) is 16.7. The zero-order valence-corrected chi connectivity index (χ0v) is 15.3. The minimum atomic E-state index is -0.388. The maximum absolute atomic E-state index is 10.9. The van der Waals surface area contributed by atoms with Gasteiger partial charge < -0.3 is 14.8 Å². The molecule has 1 aliphatic rings. The minimum Gasteiger partial charge on any atom is -0.354 e. The molecule has 26 heavy (non-hydrogen) atoms. The summed E-state index contributed by atoms with van der Waals surface area (Å²) in [5.74, 6) is 1.36. The van der Waals surface area contributed by atoms with Crippen LogP contribution in [0.5, 0.6) is 0 Å². The summed E-state index contributed by atoms with van der Waals surface area (Å²) in [4.78, 5) is 31.0. The van der Waals surface area contributed by atoms with Gasteiger partial charge in [0.25, 0.3) is 0 Å². The fraction of sp³-hybridized carbons (Fsp3) is 0.438. The molecular weight excluding hydrogens is 354 g/mol. The molecule has 0 spiro atoms. The Morgan fingerprint density at radius 1 is 1.42 bits per heavy atom. The van der Waals surface area contributed by atoms with E-state index in [9.17, 15) is 10.1 Å². The summed E-state index contributed by atoms with van der Waals surface area (Å²) in [6.45, 7) is 3.83. The van der Waals surface area contributed by atoms with Gasteiger partial charge in [-0.05, 0) is 29.7 Å². The standard InChI is InChI=1S/C16H19N7O2S/c1-10-4-6-22(16-18-7-13(26-16)23(24)25)8-12(10)21(2)15-11-3-5-17-14(11)19-9-20-15/h3,5,7,9-10,12H,4,6,8H2,1-2H3,(H,17,19,20).